The van der Waals surface area contributed by atoms with Gasteiger partial charge in [-0.1, -0.05) is 56.8 Å². The van der Waals surface area contributed by atoms with Crippen LogP contribution in [0.4, 0.5) is 5.69 Å². The molecule has 2 aromatic rings. The molecule has 1 heterocycles. The molecule has 0 aliphatic carbocycles. The Balaban J connectivity index is 2.01. The minimum atomic E-state index is -3.91. The van der Waals surface area contributed by atoms with Crippen molar-refractivity contribution in [1.29, 1.82) is 0 Å². The normalized spacial score (nSPS) is 17.7. The van der Waals surface area contributed by atoms with Crippen molar-refractivity contribution < 1.29 is 13.0 Å². The zero-order chi connectivity index (χ0) is 18.9. The van der Waals surface area contributed by atoms with Crippen LogP contribution in [0.5, 0.6) is 0 Å². The van der Waals surface area contributed by atoms with Crippen molar-refractivity contribution in [3.63, 3.8) is 0 Å². The molecule has 3 rings (SSSR count). The zero-order valence-electron chi connectivity index (χ0n) is 15.3. The van der Waals surface area contributed by atoms with Crippen LogP contribution in [-0.4, -0.2) is 25.3 Å². The molecule has 0 bridgehead atoms. The predicted molar refractivity (Wildman–Crippen MR) is 108 cm³/mol. The van der Waals surface area contributed by atoms with E-state index in [9.17, 15) is 8.42 Å². The minimum Gasteiger partial charge on any atom is -0.344 e. The highest BCUT2D eigenvalue weighted by Gasteiger charge is 2.40. The first-order valence-corrected chi connectivity index (χ1v) is 10.4. The largest absolute Gasteiger partial charge is 0.344 e. The van der Waals surface area contributed by atoms with Gasteiger partial charge in [-0.2, -0.15) is 8.42 Å². The molecule has 1 aliphatic heterocycles. The lowest BCUT2D eigenvalue weighted by atomic mass is 9.81. The first-order chi connectivity index (χ1) is 12.3. The molecule has 1 N–H and O–H groups in total. The van der Waals surface area contributed by atoms with Crippen LogP contribution in [0.3, 0.4) is 0 Å². The first kappa shape index (κ1) is 18.7. The lowest BCUT2D eigenvalue weighted by molar-refractivity contribution is 0.480. The summed E-state index contributed by atoms with van der Waals surface area (Å²) in [5.41, 5.74) is 3.44. The number of nitrogens with zero attached hydrogens (tertiary/aromatic N) is 1. The molecule has 2 aromatic carbocycles. The Hall–Kier alpha value is -2.11. The second-order valence-corrected chi connectivity index (χ2v) is 8.81. The summed E-state index contributed by atoms with van der Waals surface area (Å²) in [6.07, 6.45) is 4.95. The fraction of sp³-hybridized carbons (Fsp3) is 0.333. The first-order valence-electron chi connectivity index (χ1n) is 8.84. The van der Waals surface area contributed by atoms with Crippen molar-refractivity contribution in [1.82, 2.24) is 0 Å². The minimum absolute atomic E-state index is 0.173. The average Bonchev–Trinajstić information content (AvgIpc) is 2.79. The number of hydrogen-bond donors (Lipinski definition) is 1. The summed E-state index contributed by atoms with van der Waals surface area (Å²) in [5, 5.41) is 2.45. The van der Waals surface area contributed by atoms with Gasteiger partial charge < -0.3 is 4.90 Å². The number of hydrogen-bond acceptors (Lipinski definition) is 3. The molecule has 5 heteroatoms. The van der Waals surface area contributed by atoms with Crippen LogP contribution in [0.15, 0.2) is 60.8 Å². The molecular weight excluding hydrogens is 346 g/mol. The quantitative estimate of drug-likeness (QED) is 0.592. The highest BCUT2D eigenvalue weighted by molar-refractivity contribution is 7.85. The number of unbranched alkanes of at least 4 members (excludes halogenated alkanes) is 1. The second kappa shape index (κ2) is 6.89. The Morgan fingerprint density at radius 1 is 1.15 bits per heavy atom. The summed E-state index contributed by atoms with van der Waals surface area (Å²) >= 11 is 0. The summed E-state index contributed by atoms with van der Waals surface area (Å²) < 4.78 is 30.9. The SMILES string of the molecule is C=CC=C1N(CCCCS(=O)(=O)O)c2ccc3ccccc3c2C1(C)C. The zero-order valence-corrected chi connectivity index (χ0v) is 16.1. The summed E-state index contributed by atoms with van der Waals surface area (Å²) in [6, 6.07) is 12.7. The molecule has 0 fully saturated rings. The number of rotatable bonds is 6. The van der Waals surface area contributed by atoms with Crippen molar-refractivity contribution in [2.24, 2.45) is 0 Å². The van der Waals surface area contributed by atoms with Crippen LogP contribution in [0.1, 0.15) is 32.3 Å². The van der Waals surface area contributed by atoms with E-state index in [4.69, 9.17) is 4.55 Å². The van der Waals surface area contributed by atoms with E-state index in [-0.39, 0.29) is 11.2 Å². The van der Waals surface area contributed by atoms with Crippen LogP contribution in [0, 0.1) is 0 Å². The molecule has 1 aliphatic rings. The lowest BCUT2D eigenvalue weighted by Gasteiger charge is -2.27. The predicted octanol–water partition coefficient (Wildman–Crippen LogP) is 4.68. The van der Waals surface area contributed by atoms with Gasteiger partial charge in [0, 0.05) is 23.3 Å². The summed E-state index contributed by atoms with van der Waals surface area (Å²) in [5.74, 6) is -0.199. The molecule has 0 atom stereocenters. The van der Waals surface area contributed by atoms with E-state index in [0.717, 1.165) is 11.4 Å². The Morgan fingerprint density at radius 2 is 1.88 bits per heavy atom. The van der Waals surface area contributed by atoms with Crippen molar-refractivity contribution in [2.75, 3.05) is 17.2 Å². The van der Waals surface area contributed by atoms with E-state index in [1.807, 2.05) is 12.1 Å². The third-order valence-corrected chi connectivity index (χ3v) is 5.87. The van der Waals surface area contributed by atoms with Crippen LogP contribution in [-0.2, 0) is 15.5 Å². The van der Waals surface area contributed by atoms with E-state index in [1.165, 1.54) is 16.3 Å². The molecule has 0 radical (unpaired) electrons. The van der Waals surface area contributed by atoms with Gasteiger partial charge in [-0.05, 0) is 41.3 Å². The molecule has 0 unspecified atom stereocenters. The highest BCUT2D eigenvalue weighted by Crippen LogP contribution is 2.50. The van der Waals surface area contributed by atoms with E-state index in [1.54, 1.807) is 6.08 Å². The van der Waals surface area contributed by atoms with Crippen molar-refractivity contribution in [2.45, 2.75) is 32.1 Å². The third-order valence-electron chi connectivity index (χ3n) is 5.06. The summed E-state index contributed by atoms with van der Waals surface area (Å²) in [7, 11) is -3.91. The van der Waals surface area contributed by atoms with Gasteiger partial charge >= 0.3 is 0 Å². The third kappa shape index (κ3) is 3.41. The number of allylic oxidation sites excluding steroid dienone is 3. The van der Waals surface area contributed by atoms with Crippen LogP contribution in [0.25, 0.3) is 10.8 Å². The maximum atomic E-state index is 11.0. The van der Waals surface area contributed by atoms with E-state index in [0.29, 0.717) is 19.4 Å². The van der Waals surface area contributed by atoms with Crippen molar-refractivity contribution >= 4 is 26.6 Å². The Bertz CT molecular complexity index is 974. The molecule has 0 saturated heterocycles. The van der Waals surface area contributed by atoms with Crippen LogP contribution < -0.4 is 4.90 Å². The van der Waals surface area contributed by atoms with Gasteiger partial charge in [0.05, 0.1) is 5.75 Å². The molecule has 0 saturated carbocycles. The highest BCUT2D eigenvalue weighted by atomic mass is 32.2. The molecule has 0 amide bonds. The monoisotopic (exact) mass is 371 g/mol. The molecular formula is C21H25NO3S. The second-order valence-electron chi connectivity index (χ2n) is 7.24. The lowest BCUT2D eigenvalue weighted by Crippen LogP contribution is -2.27. The Labute approximate surface area is 155 Å². The van der Waals surface area contributed by atoms with Gasteiger partial charge in [-0.25, -0.2) is 0 Å². The standard InChI is InChI=1S/C21H25NO3S/c1-4-9-19-21(2,3)20-17-11-6-5-10-16(17)12-13-18(20)22(19)14-7-8-15-26(23,24)25/h4-6,9-13H,1,7-8,14-15H2,2-3H3,(H,23,24,25). The van der Waals surface area contributed by atoms with Crippen molar-refractivity contribution in [3.05, 3.63) is 66.4 Å². The molecule has 138 valence electrons. The van der Waals surface area contributed by atoms with Crippen LogP contribution >= 0.6 is 0 Å². The maximum Gasteiger partial charge on any atom is 0.264 e. The smallest absolute Gasteiger partial charge is 0.264 e. The van der Waals surface area contributed by atoms with E-state index >= 15 is 0 Å². The van der Waals surface area contributed by atoms with Crippen molar-refractivity contribution in [3.8, 4) is 0 Å². The molecule has 0 spiro atoms. The van der Waals surface area contributed by atoms with Crippen LogP contribution in [0.2, 0.25) is 0 Å². The molecule has 4 nitrogen and oxygen atoms in total. The van der Waals surface area contributed by atoms with E-state index < -0.39 is 10.1 Å². The fourth-order valence-corrected chi connectivity index (χ4v) is 4.51. The Kier molecular flexibility index (Phi) is 4.95. The summed E-state index contributed by atoms with van der Waals surface area (Å²) in [6.45, 7) is 8.99. The molecule has 0 aromatic heterocycles. The Morgan fingerprint density at radius 3 is 2.58 bits per heavy atom. The van der Waals surface area contributed by atoms with Gasteiger partial charge in [0.1, 0.15) is 0 Å². The van der Waals surface area contributed by atoms with Gasteiger partial charge in [0.2, 0.25) is 0 Å². The molecule has 26 heavy (non-hydrogen) atoms. The van der Waals surface area contributed by atoms with E-state index in [2.05, 4.69) is 55.7 Å². The van der Waals surface area contributed by atoms with Gasteiger partial charge in [0.15, 0.2) is 0 Å². The van der Waals surface area contributed by atoms with Gasteiger partial charge in [-0.3, -0.25) is 4.55 Å². The number of benzene rings is 2. The van der Waals surface area contributed by atoms with Gasteiger partial charge in [-0.15, -0.1) is 0 Å². The van der Waals surface area contributed by atoms with Gasteiger partial charge in [0.25, 0.3) is 10.1 Å². The fourth-order valence-electron chi connectivity index (χ4n) is 3.94. The topological polar surface area (TPSA) is 57.6 Å². The number of anilines is 1. The average molecular weight is 372 g/mol. The maximum absolute atomic E-state index is 11.0. The number of fused-ring (bicyclic) bond motifs is 3. The summed E-state index contributed by atoms with van der Waals surface area (Å²) in [4.78, 5) is 2.26.